The maximum absolute atomic E-state index is 2.84. The van der Waals surface area contributed by atoms with Crippen LogP contribution in [0.25, 0.3) is 0 Å². The summed E-state index contributed by atoms with van der Waals surface area (Å²) in [4.78, 5) is 28.3. The van der Waals surface area contributed by atoms with Gasteiger partial charge in [0.15, 0.2) is 0 Å². The molecular formula is C20H18Fe2S2. The molecule has 0 aromatic heterocycles. The summed E-state index contributed by atoms with van der Waals surface area (Å²) in [7, 11) is 5.69. The van der Waals surface area contributed by atoms with Crippen LogP contribution in [-0.4, -0.2) is 7.29 Å². The van der Waals surface area contributed by atoms with Gasteiger partial charge in [-0.1, -0.05) is 0 Å². The number of rotatable bonds is 3. The molecule has 0 aromatic carbocycles. The van der Waals surface area contributed by atoms with Gasteiger partial charge in [-0.25, -0.2) is 0 Å². The first-order valence-corrected chi connectivity index (χ1v) is 25.8. The van der Waals surface area contributed by atoms with Crippen LogP contribution < -0.4 is 0 Å². The molecule has 20 aliphatic rings. The third-order valence-corrected chi connectivity index (χ3v) is 125. The van der Waals surface area contributed by atoms with E-state index in [1.165, 1.54) is 7.29 Å². The molecule has 0 bridgehead atoms. The molecule has 20 aliphatic heterocycles. The molecule has 4 heteroatoms. The zero-order valence-electron chi connectivity index (χ0n) is 12.9. The van der Waals surface area contributed by atoms with Gasteiger partial charge in [0.05, 0.1) is 0 Å². The van der Waals surface area contributed by atoms with Crippen molar-refractivity contribution >= 4 is 21.6 Å². The molecule has 20 fully saturated rings. The molecular weight excluding hydrogens is 416 g/mol. The van der Waals surface area contributed by atoms with Gasteiger partial charge >= 0.3 is 129 Å². The van der Waals surface area contributed by atoms with Crippen molar-refractivity contribution in [2.24, 2.45) is 0 Å². The van der Waals surface area contributed by atoms with E-state index in [1.807, 2.05) is 0 Å². The Labute approximate surface area is 127 Å². The van der Waals surface area contributed by atoms with E-state index < -0.39 is 13.0 Å². The van der Waals surface area contributed by atoms with Crippen LogP contribution in [0, 0.1) is 0 Å². The van der Waals surface area contributed by atoms with Crippen LogP contribution in [-0.2, 0) is 13.0 Å². The van der Waals surface area contributed by atoms with Crippen LogP contribution >= 0.6 is 21.6 Å². The first kappa shape index (κ1) is 7.87. The number of hydrogen-bond donors (Lipinski definition) is 0. The summed E-state index contributed by atoms with van der Waals surface area (Å²) in [6, 6.07) is 0. The summed E-state index contributed by atoms with van der Waals surface area (Å²) < 4.78 is 2.37. The van der Waals surface area contributed by atoms with Gasteiger partial charge in [-0.3, -0.25) is 0 Å². The van der Waals surface area contributed by atoms with E-state index >= 15 is 0 Å². The fraction of sp³-hybridized carbons (Fsp3) is 1.00. The van der Waals surface area contributed by atoms with Crippen molar-refractivity contribution in [3.05, 3.63) is 0 Å². The Kier molecular flexibility index (Phi) is 0.179. The van der Waals surface area contributed by atoms with Crippen LogP contribution in [0.15, 0.2) is 0 Å². The summed E-state index contributed by atoms with van der Waals surface area (Å²) in [5.41, 5.74) is 0. The topological polar surface area (TPSA) is 0 Å². The molecule has 0 amide bonds. The molecule has 0 N–H and O–H groups in total. The van der Waals surface area contributed by atoms with E-state index in [4.69, 9.17) is 0 Å². The van der Waals surface area contributed by atoms with Crippen molar-refractivity contribution in [3.63, 3.8) is 0 Å². The summed E-state index contributed by atoms with van der Waals surface area (Å²) in [6.45, 7) is -5.54. The van der Waals surface area contributed by atoms with E-state index in [9.17, 15) is 0 Å². The predicted octanol–water partition coefficient (Wildman–Crippen LogP) is 6.96. The normalized spacial score (nSPS) is 165. The van der Waals surface area contributed by atoms with E-state index in [1.54, 1.807) is 86.7 Å². The molecule has 20 rings (SSSR count). The van der Waals surface area contributed by atoms with Crippen molar-refractivity contribution in [3.8, 4) is 0 Å². The Morgan fingerprint density at radius 2 is 0.625 bits per heavy atom. The predicted molar refractivity (Wildman–Crippen MR) is 88.1 cm³/mol. The fourth-order valence-electron chi connectivity index (χ4n) is 32.5. The molecule has 0 saturated carbocycles. The van der Waals surface area contributed by atoms with Crippen LogP contribution in [0.5, 0.6) is 0 Å². The Balaban J connectivity index is 1.04. The summed E-state index contributed by atoms with van der Waals surface area (Å²) in [6.07, 6.45) is 0. The van der Waals surface area contributed by atoms with Crippen LogP contribution in [0.3, 0.4) is 0 Å². The molecule has 24 heavy (non-hydrogen) atoms. The number of hydrogen-bond acceptors (Lipinski definition) is 2. The maximum atomic E-state index is 2.84. The van der Waals surface area contributed by atoms with Crippen molar-refractivity contribution in [2.75, 3.05) is 0 Å². The zero-order valence-corrected chi connectivity index (χ0v) is 16.8. The standard InChI is InChI=1S/C10H8S2.2C5H5.2Fe/c1-2-6-9(5-1)11-12-10-7-3-4-8-10;2*1-2-4-5-3-1;;/h1-8H;2*1-5H;;. The van der Waals surface area contributed by atoms with Gasteiger partial charge in [0.25, 0.3) is 0 Å². The van der Waals surface area contributed by atoms with E-state index in [2.05, 4.69) is 21.6 Å². The minimum absolute atomic E-state index is 1.19. The van der Waals surface area contributed by atoms with Gasteiger partial charge in [0.1, 0.15) is 0 Å². The van der Waals surface area contributed by atoms with Gasteiger partial charge in [-0.05, 0) is 0 Å². The van der Waals surface area contributed by atoms with Crippen LogP contribution in [0.4, 0.5) is 0 Å². The Bertz CT molecular complexity index is 1700. The second-order valence-electron chi connectivity index (χ2n) is 19.4. The van der Waals surface area contributed by atoms with Gasteiger partial charge in [-0.15, -0.1) is 0 Å². The molecule has 8 atom stereocenters. The van der Waals surface area contributed by atoms with Gasteiger partial charge < -0.3 is 0 Å². The summed E-state index contributed by atoms with van der Waals surface area (Å²) >= 11 is 0. The molecule has 0 nitrogen and oxygen atoms in total. The third-order valence-electron chi connectivity index (χ3n) is 29.4. The van der Waals surface area contributed by atoms with Crippen molar-refractivity contribution < 1.29 is 13.0 Å². The average molecular weight is 434 g/mol. The molecule has 8 unspecified atom stereocenters. The van der Waals surface area contributed by atoms with Crippen molar-refractivity contribution in [2.45, 2.75) is 94.0 Å². The summed E-state index contributed by atoms with van der Waals surface area (Å²) in [5.74, 6) is 0. The quantitative estimate of drug-likeness (QED) is 0.348. The second-order valence-corrected chi connectivity index (χ2v) is 69.9. The zero-order chi connectivity index (χ0) is 13.4. The molecule has 2 spiro atoms. The number of fused-ring (bicyclic) bond motifs is 20. The molecule has 20 saturated heterocycles. The minimum atomic E-state index is -2.77. The third kappa shape index (κ3) is 0.0649. The molecule has 20 heterocycles. The van der Waals surface area contributed by atoms with Gasteiger partial charge in [-0.2, -0.15) is 0 Å². The first-order valence-electron chi connectivity index (χ1n) is 11.1. The fourth-order valence-corrected chi connectivity index (χ4v) is 206. The van der Waals surface area contributed by atoms with Crippen LogP contribution in [0.2, 0.25) is 86.7 Å². The molecule has 0 aromatic rings. The van der Waals surface area contributed by atoms with Gasteiger partial charge in [0.2, 0.25) is 0 Å². The van der Waals surface area contributed by atoms with Gasteiger partial charge in [0, 0.05) is 0 Å². The molecule has 0 aliphatic carbocycles. The Hall–Kier alpha value is 1.74. The SMILES string of the molecule is S(S[C]12[CH]3[CH]4[CH]5[CH]1[Fe]45321678[CH]2[CH]1[CH]6[CH]7[CH]28)[C]12[CH]3[CH]4[CH]5[CH]1[Fe]45321678[CH]2[CH]1[CH]6[CH]7[CH]28. The van der Waals surface area contributed by atoms with E-state index in [0.29, 0.717) is 0 Å². The second kappa shape index (κ2) is 0.546. The van der Waals surface area contributed by atoms with E-state index in [-0.39, 0.29) is 0 Å². The van der Waals surface area contributed by atoms with Crippen molar-refractivity contribution in [1.29, 1.82) is 0 Å². The molecule has 0 radical (unpaired) electrons. The average Bonchev–Trinajstić information content (AvgIpc) is 3.48. The summed E-state index contributed by atoms with van der Waals surface area (Å²) in [5, 5.41) is 0. The first-order chi connectivity index (χ1) is 11.3. The molecule has 126 valence electrons. The van der Waals surface area contributed by atoms with Crippen LogP contribution in [0.1, 0.15) is 0 Å². The Morgan fingerprint density at radius 1 is 0.375 bits per heavy atom. The van der Waals surface area contributed by atoms with Crippen molar-refractivity contribution in [1.82, 2.24) is 0 Å². The Morgan fingerprint density at radius 3 is 0.750 bits per heavy atom. The monoisotopic (exact) mass is 434 g/mol. The van der Waals surface area contributed by atoms with E-state index in [0.717, 1.165) is 0 Å².